The summed E-state index contributed by atoms with van der Waals surface area (Å²) in [5, 5.41) is 1.09. The molecule has 1 saturated heterocycles. The van der Waals surface area contributed by atoms with Gasteiger partial charge in [0.25, 0.3) is 0 Å². The average Bonchev–Trinajstić information content (AvgIpc) is 2.66. The van der Waals surface area contributed by atoms with E-state index in [1.54, 1.807) is 11.0 Å². The van der Waals surface area contributed by atoms with Crippen molar-refractivity contribution >= 4 is 11.0 Å². The van der Waals surface area contributed by atoms with Gasteiger partial charge >= 0.3 is 5.63 Å². The van der Waals surface area contributed by atoms with E-state index in [1.165, 1.54) is 43.5 Å². The second-order valence-corrected chi connectivity index (χ2v) is 8.08. The maximum atomic E-state index is 12.0. The van der Waals surface area contributed by atoms with Gasteiger partial charge in [0.1, 0.15) is 12.1 Å². The van der Waals surface area contributed by atoms with Gasteiger partial charge in [-0.1, -0.05) is 30.3 Å². The highest BCUT2D eigenvalue weighted by atomic mass is 16.4. The fourth-order valence-electron chi connectivity index (χ4n) is 4.31. The third kappa shape index (κ3) is 4.14. The van der Waals surface area contributed by atoms with Crippen LogP contribution in [0.25, 0.3) is 11.0 Å². The van der Waals surface area contributed by atoms with E-state index in [9.17, 15) is 4.79 Å². The Morgan fingerprint density at radius 3 is 2.44 bits per heavy atom. The van der Waals surface area contributed by atoms with Crippen LogP contribution in [0.4, 0.5) is 0 Å². The van der Waals surface area contributed by atoms with Crippen molar-refractivity contribution in [2.45, 2.75) is 39.7 Å². The Balaban J connectivity index is 1.46. The maximum Gasteiger partial charge on any atom is 0.336 e. The van der Waals surface area contributed by atoms with Crippen molar-refractivity contribution in [3.63, 3.8) is 0 Å². The van der Waals surface area contributed by atoms with Crippen molar-refractivity contribution in [2.24, 2.45) is 5.92 Å². The van der Waals surface area contributed by atoms with Gasteiger partial charge in [0, 0.05) is 17.0 Å². The van der Waals surface area contributed by atoms with Crippen LogP contribution in [0.1, 0.15) is 35.1 Å². The van der Waals surface area contributed by atoms with Crippen LogP contribution in [0.2, 0.25) is 0 Å². The van der Waals surface area contributed by atoms with Gasteiger partial charge in [-0.2, -0.15) is 0 Å². The van der Waals surface area contributed by atoms with Gasteiger partial charge in [-0.25, -0.2) is 4.79 Å². The minimum Gasteiger partial charge on any atom is -0.423 e. The number of piperidine rings is 1. The Kier molecular flexibility index (Phi) is 5.13. The molecule has 0 atom stereocenters. The van der Waals surface area contributed by atoms with Crippen molar-refractivity contribution in [1.29, 1.82) is 0 Å². The lowest BCUT2D eigenvalue weighted by molar-refractivity contribution is -0.919. The zero-order valence-electron chi connectivity index (χ0n) is 16.3. The van der Waals surface area contributed by atoms with E-state index in [2.05, 4.69) is 50.2 Å². The molecule has 2 aromatic carbocycles. The Labute approximate surface area is 160 Å². The second kappa shape index (κ2) is 7.69. The van der Waals surface area contributed by atoms with Gasteiger partial charge in [0.2, 0.25) is 0 Å². The normalized spacial score (nSPS) is 20.1. The van der Waals surface area contributed by atoms with Crippen molar-refractivity contribution < 1.29 is 9.32 Å². The molecule has 0 amide bonds. The van der Waals surface area contributed by atoms with Crippen LogP contribution in [0, 0.1) is 19.8 Å². The number of hydrogen-bond donors (Lipinski definition) is 1. The molecule has 3 nitrogen and oxygen atoms in total. The summed E-state index contributed by atoms with van der Waals surface area (Å²) in [5.74, 6) is 0.777. The van der Waals surface area contributed by atoms with E-state index in [0.717, 1.165) is 34.6 Å². The molecule has 2 heterocycles. The van der Waals surface area contributed by atoms with Crippen LogP contribution in [0.5, 0.6) is 0 Å². The molecule has 4 rings (SSSR count). The molecule has 1 aliphatic rings. The Morgan fingerprint density at radius 2 is 1.70 bits per heavy atom. The summed E-state index contributed by atoms with van der Waals surface area (Å²) in [6, 6.07) is 16.7. The summed E-state index contributed by atoms with van der Waals surface area (Å²) >= 11 is 0. The first-order valence-electron chi connectivity index (χ1n) is 10.00. The van der Waals surface area contributed by atoms with Crippen LogP contribution in [-0.4, -0.2) is 13.1 Å². The average molecular weight is 362 g/mol. The molecule has 0 aliphatic carbocycles. The van der Waals surface area contributed by atoms with Crippen molar-refractivity contribution in [3.8, 4) is 0 Å². The SMILES string of the molecule is Cc1cc2oc(=O)cc(C[NH+]3CCC(Cc4ccccc4)CC3)c2cc1C. The zero-order chi connectivity index (χ0) is 18.8. The smallest absolute Gasteiger partial charge is 0.336 e. The summed E-state index contributed by atoms with van der Waals surface area (Å²) in [6.07, 6.45) is 3.69. The number of benzene rings is 2. The highest BCUT2D eigenvalue weighted by Gasteiger charge is 2.23. The summed E-state index contributed by atoms with van der Waals surface area (Å²) in [7, 11) is 0. The van der Waals surface area contributed by atoms with Gasteiger partial charge in [-0.05, 0) is 67.9 Å². The minimum absolute atomic E-state index is 0.237. The van der Waals surface area contributed by atoms with Crippen LogP contribution >= 0.6 is 0 Å². The molecule has 1 aromatic heterocycles. The highest BCUT2D eigenvalue weighted by molar-refractivity contribution is 5.81. The van der Waals surface area contributed by atoms with Crippen molar-refractivity contribution in [2.75, 3.05) is 13.1 Å². The highest BCUT2D eigenvalue weighted by Crippen LogP contribution is 2.22. The zero-order valence-corrected chi connectivity index (χ0v) is 16.3. The molecule has 1 fully saturated rings. The predicted octanol–water partition coefficient (Wildman–Crippen LogP) is 3.45. The Morgan fingerprint density at radius 1 is 1.00 bits per heavy atom. The summed E-state index contributed by atoms with van der Waals surface area (Å²) < 4.78 is 5.45. The molecule has 1 N–H and O–H groups in total. The Hall–Kier alpha value is -2.39. The topological polar surface area (TPSA) is 34.6 Å². The molecule has 0 radical (unpaired) electrons. The van der Waals surface area contributed by atoms with Crippen LogP contribution in [0.15, 0.2) is 57.7 Å². The predicted molar refractivity (Wildman–Crippen MR) is 109 cm³/mol. The van der Waals surface area contributed by atoms with Gasteiger partial charge in [-0.3, -0.25) is 0 Å². The quantitative estimate of drug-likeness (QED) is 0.722. The molecule has 3 heteroatoms. The maximum absolute atomic E-state index is 12.0. The number of nitrogens with one attached hydrogen (secondary N) is 1. The number of hydrogen-bond acceptors (Lipinski definition) is 2. The first-order chi connectivity index (χ1) is 13.1. The van der Waals surface area contributed by atoms with Gasteiger partial charge in [0.05, 0.1) is 13.1 Å². The lowest BCUT2D eigenvalue weighted by atomic mass is 9.90. The number of rotatable bonds is 4. The summed E-state index contributed by atoms with van der Waals surface area (Å²) in [5.41, 5.74) is 5.47. The van der Waals surface area contributed by atoms with E-state index >= 15 is 0 Å². The van der Waals surface area contributed by atoms with Crippen molar-refractivity contribution in [1.82, 2.24) is 0 Å². The van der Waals surface area contributed by atoms with E-state index in [0.29, 0.717) is 0 Å². The van der Waals surface area contributed by atoms with Gasteiger partial charge in [-0.15, -0.1) is 0 Å². The lowest BCUT2D eigenvalue weighted by Gasteiger charge is -2.29. The fourth-order valence-corrected chi connectivity index (χ4v) is 4.31. The number of fused-ring (bicyclic) bond motifs is 1. The number of likely N-dealkylation sites (tertiary alicyclic amines) is 1. The molecular formula is C24H28NO2+. The molecule has 0 bridgehead atoms. The summed E-state index contributed by atoms with van der Waals surface area (Å²) in [6.45, 7) is 7.42. The first-order valence-corrected chi connectivity index (χ1v) is 10.00. The molecule has 27 heavy (non-hydrogen) atoms. The number of aryl methyl sites for hydroxylation is 2. The molecule has 0 unspecified atom stereocenters. The van der Waals surface area contributed by atoms with Crippen LogP contribution < -0.4 is 10.5 Å². The molecule has 1 aliphatic heterocycles. The van der Waals surface area contributed by atoms with Crippen LogP contribution in [-0.2, 0) is 13.0 Å². The van der Waals surface area contributed by atoms with E-state index in [4.69, 9.17) is 4.42 Å². The monoisotopic (exact) mass is 362 g/mol. The molecule has 0 spiro atoms. The van der Waals surface area contributed by atoms with E-state index < -0.39 is 0 Å². The first kappa shape index (κ1) is 18.0. The summed E-state index contributed by atoms with van der Waals surface area (Å²) in [4.78, 5) is 13.6. The van der Waals surface area contributed by atoms with E-state index in [1.807, 2.05) is 6.07 Å². The van der Waals surface area contributed by atoms with Gasteiger partial charge < -0.3 is 9.32 Å². The standard InChI is InChI=1S/C24H27NO2/c1-17-12-22-21(15-24(26)27-23(22)13-18(17)2)16-25-10-8-20(9-11-25)14-19-6-4-3-5-7-19/h3-7,12-13,15,20H,8-11,14,16H2,1-2H3/p+1. The van der Waals surface area contributed by atoms with Crippen molar-refractivity contribution in [3.05, 3.63) is 81.2 Å². The largest absolute Gasteiger partial charge is 0.423 e. The third-order valence-electron chi connectivity index (χ3n) is 6.06. The molecule has 140 valence electrons. The number of quaternary nitrogens is 1. The lowest BCUT2D eigenvalue weighted by Crippen LogP contribution is -3.11. The van der Waals surface area contributed by atoms with Gasteiger partial charge in [0.15, 0.2) is 0 Å². The second-order valence-electron chi connectivity index (χ2n) is 8.08. The third-order valence-corrected chi connectivity index (χ3v) is 6.06. The minimum atomic E-state index is -0.237. The Bertz CT molecular complexity index is 982. The molecular weight excluding hydrogens is 334 g/mol. The molecule has 3 aromatic rings. The van der Waals surface area contributed by atoms with Crippen LogP contribution in [0.3, 0.4) is 0 Å². The molecule has 0 saturated carbocycles. The fraction of sp³-hybridized carbons (Fsp3) is 0.375. The van der Waals surface area contributed by atoms with E-state index in [-0.39, 0.29) is 5.63 Å².